The summed E-state index contributed by atoms with van der Waals surface area (Å²) in [7, 11) is 0. The van der Waals surface area contributed by atoms with E-state index in [0.717, 1.165) is 12.1 Å². The molecule has 128 valence electrons. The Bertz CT molecular complexity index is 705. The summed E-state index contributed by atoms with van der Waals surface area (Å²) in [4.78, 5) is 25.0. The zero-order valence-electron chi connectivity index (χ0n) is 13.0. The van der Waals surface area contributed by atoms with Gasteiger partial charge >= 0.3 is 6.03 Å². The van der Waals surface area contributed by atoms with Crippen LogP contribution in [0.25, 0.3) is 0 Å². The van der Waals surface area contributed by atoms with Gasteiger partial charge in [0, 0.05) is 31.4 Å². The van der Waals surface area contributed by atoms with Crippen LogP contribution in [-0.2, 0) is 0 Å². The van der Waals surface area contributed by atoms with Crippen LogP contribution in [0.15, 0.2) is 41.0 Å². The monoisotopic (exact) mass is 337 g/mol. The fraction of sp³-hybridized carbons (Fsp3) is 0.250. The molecule has 24 heavy (non-hydrogen) atoms. The van der Waals surface area contributed by atoms with Gasteiger partial charge in [-0.3, -0.25) is 9.69 Å². The normalized spacial score (nSPS) is 10.3. The predicted molar refractivity (Wildman–Crippen MR) is 83.8 cm³/mol. The van der Waals surface area contributed by atoms with E-state index in [1.165, 1.54) is 23.3 Å². The van der Waals surface area contributed by atoms with Crippen molar-refractivity contribution in [2.45, 2.75) is 6.92 Å². The zero-order chi connectivity index (χ0) is 17.5. The molecule has 0 radical (unpaired) electrons. The Morgan fingerprint density at radius 2 is 1.88 bits per heavy atom. The summed E-state index contributed by atoms with van der Waals surface area (Å²) in [6.45, 7) is 2.35. The maximum absolute atomic E-state index is 13.3. The van der Waals surface area contributed by atoms with Gasteiger partial charge in [0.15, 0.2) is 17.4 Å². The van der Waals surface area contributed by atoms with Crippen LogP contribution >= 0.6 is 0 Å². The van der Waals surface area contributed by atoms with Gasteiger partial charge in [-0.15, -0.1) is 0 Å². The maximum Gasteiger partial charge on any atom is 0.321 e. The molecule has 1 heterocycles. The number of rotatable bonds is 6. The van der Waals surface area contributed by atoms with E-state index in [0.29, 0.717) is 0 Å². The number of nitrogens with one attached hydrogen (secondary N) is 2. The predicted octanol–water partition coefficient (Wildman–Crippen LogP) is 2.52. The molecule has 6 nitrogen and oxygen atoms in total. The number of halogens is 2. The van der Waals surface area contributed by atoms with Crippen LogP contribution in [0.5, 0.6) is 0 Å². The second kappa shape index (κ2) is 8.09. The Hall–Kier alpha value is -2.90. The molecule has 0 unspecified atom stereocenters. The van der Waals surface area contributed by atoms with Crippen molar-refractivity contribution in [3.8, 4) is 0 Å². The van der Waals surface area contributed by atoms with E-state index in [9.17, 15) is 18.4 Å². The summed E-state index contributed by atoms with van der Waals surface area (Å²) in [6, 6.07) is 5.88. The van der Waals surface area contributed by atoms with E-state index in [2.05, 4.69) is 10.6 Å². The molecule has 2 aromatic rings. The molecular weight excluding hydrogens is 320 g/mol. The molecule has 0 atom stereocenters. The van der Waals surface area contributed by atoms with Crippen molar-refractivity contribution in [3.05, 3.63) is 54.0 Å². The first-order valence-electron chi connectivity index (χ1n) is 7.35. The lowest BCUT2D eigenvalue weighted by Gasteiger charge is -2.21. The molecule has 1 aromatic heterocycles. The summed E-state index contributed by atoms with van der Waals surface area (Å²) >= 11 is 0. The lowest BCUT2D eigenvalue weighted by Crippen LogP contribution is -2.43. The van der Waals surface area contributed by atoms with Crippen molar-refractivity contribution in [2.24, 2.45) is 0 Å². The third kappa shape index (κ3) is 4.31. The minimum absolute atomic E-state index is 0.172. The Kier molecular flexibility index (Phi) is 5.89. The van der Waals surface area contributed by atoms with E-state index in [4.69, 9.17) is 4.42 Å². The first-order chi connectivity index (χ1) is 11.5. The van der Waals surface area contributed by atoms with Crippen molar-refractivity contribution >= 4 is 17.6 Å². The Labute approximate surface area is 137 Å². The standard InChI is InChI=1S/C16H17F2N3O3/c1-2-21(11-5-6-12(17)13(18)10-11)16(23)20-8-7-19-15(22)14-4-3-9-24-14/h3-6,9-10H,2,7-8H2,1H3,(H,19,22)(H,20,23). The number of carbonyl (C=O) groups is 2. The molecular formula is C16H17F2N3O3. The molecule has 0 spiro atoms. The largest absolute Gasteiger partial charge is 0.459 e. The molecule has 0 saturated heterocycles. The summed E-state index contributed by atoms with van der Waals surface area (Å²) in [6.07, 6.45) is 1.39. The first-order valence-corrected chi connectivity index (χ1v) is 7.35. The molecule has 8 heteroatoms. The zero-order valence-corrected chi connectivity index (χ0v) is 13.0. The van der Waals surface area contributed by atoms with E-state index >= 15 is 0 Å². The summed E-state index contributed by atoms with van der Waals surface area (Å²) < 4.78 is 31.2. The van der Waals surface area contributed by atoms with Crippen LogP contribution in [0.2, 0.25) is 0 Å². The highest BCUT2D eigenvalue weighted by Gasteiger charge is 2.15. The third-order valence-corrected chi connectivity index (χ3v) is 3.21. The van der Waals surface area contributed by atoms with Crippen molar-refractivity contribution in [1.82, 2.24) is 10.6 Å². The second-order valence-corrected chi connectivity index (χ2v) is 4.81. The number of anilines is 1. The Morgan fingerprint density at radius 3 is 2.50 bits per heavy atom. The van der Waals surface area contributed by atoms with Crippen LogP contribution in [0.4, 0.5) is 19.3 Å². The summed E-state index contributed by atoms with van der Waals surface area (Å²) in [5.41, 5.74) is 0.244. The minimum Gasteiger partial charge on any atom is -0.459 e. The molecule has 0 aliphatic heterocycles. The van der Waals surface area contributed by atoms with Crippen molar-refractivity contribution in [2.75, 3.05) is 24.5 Å². The van der Waals surface area contributed by atoms with E-state index in [1.54, 1.807) is 13.0 Å². The minimum atomic E-state index is -1.02. The van der Waals surface area contributed by atoms with Crippen molar-refractivity contribution in [3.63, 3.8) is 0 Å². The molecule has 3 amide bonds. The quantitative estimate of drug-likeness (QED) is 0.796. The second-order valence-electron chi connectivity index (χ2n) is 4.81. The molecule has 2 N–H and O–H groups in total. The highest BCUT2D eigenvalue weighted by Crippen LogP contribution is 2.17. The van der Waals surface area contributed by atoms with Crippen LogP contribution in [-0.4, -0.2) is 31.6 Å². The Balaban J connectivity index is 1.83. The van der Waals surface area contributed by atoms with Gasteiger partial charge in [0.25, 0.3) is 5.91 Å². The Morgan fingerprint density at radius 1 is 1.12 bits per heavy atom. The maximum atomic E-state index is 13.3. The number of furan rings is 1. The molecule has 0 bridgehead atoms. The number of carbonyl (C=O) groups excluding carboxylic acids is 2. The van der Waals surface area contributed by atoms with Crippen LogP contribution < -0.4 is 15.5 Å². The SMILES string of the molecule is CCN(C(=O)NCCNC(=O)c1ccco1)c1ccc(F)c(F)c1. The number of nitrogens with zero attached hydrogens (tertiary/aromatic N) is 1. The number of urea groups is 1. The van der Waals surface area contributed by atoms with Gasteiger partial charge in [-0.05, 0) is 31.2 Å². The topological polar surface area (TPSA) is 74.6 Å². The third-order valence-electron chi connectivity index (χ3n) is 3.21. The van der Waals surface area contributed by atoms with Crippen LogP contribution in [0.1, 0.15) is 17.5 Å². The van der Waals surface area contributed by atoms with Crippen molar-refractivity contribution < 1.29 is 22.8 Å². The van der Waals surface area contributed by atoms with E-state index in [-0.39, 0.29) is 37.0 Å². The molecule has 2 rings (SSSR count). The lowest BCUT2D eigenvalue weighted by atomic mass is 10.2. The molecule has 0 aliphatic rings. The fourth-order valence-electron chi connectivity index (χ4n) is 2.03. The highest BCUT2D eigenvalue weighted by atomic mass is 19.2. The van der Waals surface area contributed by atoms with Crippen LogP contribution in [0, 0.1) is 11.6 Å². The first kappa shape index (κ1) is 17.5. The van der Waals surface area contributed by atoms with Gasteiger partial charge in [-0.25, -0.2) is 13.6 Å². The van der Waals surface area contributed by atoms with Gasteiger partial charge in [0.1, 0.15) is 0 Å². The van der Waals surface area contributed by atoms with Gasteiger partial charge in [-0.2, -0.15) is 0 Å². The van der Waals surface area contributed by atoms with Gasteiger partial charge in [0.2, 0.25) is 0 Å². The average molecular weight is 337 g/mol. The number of hydrogen-bond donors (Lipinski definition) is 2. The number of benzene rings is 1. The summed E-state index contributed by atoms with van der Waals surface area (Å²) in [5, 5.41) is 5.17. The highest BCUT2D eigenvalue weighted by molar-refractivity contribution is 5.92. The number of amides is 3. The van der Waals surface area contributed by atoms with Gasteiger partial charge < -0.3 is 15.1 Å². The van der Waals surface area contributed by atoms with E-state index < -0.39 is 17.7 Å². The fourth-order valence-corrected chi connectivity index (χ4v) is 2.03. The van der Waals surface area contributed by atoms with Crippen molar-refractivity contribution in [1.29, 1.82) is 0 Å². The summed E-state index contributed by atoms with van der Waals surface area (Å²) in [5.74, 6) is -2.21. The van der Waals surface area contributed by atoms with Gasteiger partial charge in [-0.1, -0.05) is 0 Å². The smallest absolute Gasteiger partial charge is 0.321 e. The number of hydrogen-bond acceptors (Lipinski definition) is 3. The van der Waals surface area contributed by atoms with E-state index in [1.807, 2.05) is 0 Å². The molecule has 1 aromatic carbocycles. The lowest BCUT2D eigenvalue weighted by molar-refractivity contribution is 0.0926. The molecule has 0 fully saturated rings. The van der Waals surface area contributed by atoms with Crippen LogP contribution in [0.3, 0.4) is 0 Å². The van der Waals surface area contributed by atoms with Gasteiger partial charge in [0.05, 0.1) is 6.26 Å². The molecule has 0 aliphatic carbocycles. The average Bonchev–Trinajstić information content (AvgIpc) is 3.10. The molecule has 0 saturated carbocycles.